The van der Waals surface area contributed by atoms with Crippen LogP contribution in [0.4, 0.5) is 22.7 Å². The summed E-state index contributed by atoms with van der Waals surface area (Å²) in [6, 6.07) is 94.2. The first-order valence-corrected chi connectivity index (χ1v) is 57.0. The van der Waals surface area contributed by atoms with Crippen LogP contribution in [0, 0.1) is 23.7 Å². The lowest BCUT2D eigenvalue weighted by Gasteiger charge is -2.39. The number of nitrogens with one attached hydrogen (secondary N) is 4. The van der Waals surface area contributed by atoms with Crippen LogP contribution < -0.4 is 38.5 Å². The van der Waals surface area contributed by atoms with Crippen molar-refractivity contribution >= 4 is 137 Å². The number of aromatic carboxylic acids is 2. The molecule has 0 spiro atoms. The first kappa shape index (κ1) is 114. The van der Waals surface area contributed by atoms with Gasteiger partial charge in [0, 0.05) is 119 Å². The number of nitrogens with zero attached hydrogens (tertiary/aromatic N) is 4. The minimum atomic E-state index is -1.23. The number of halogens is 4. The molecule has 4 aliphatic rings. The summed E-state index contributed by atoms with van der Waals surface area (Å²) in [5.41, 5.74) is 19.4. The van der Waals surface area contributed by atoms with E-state index in [-0.39, 0.29) is 55.1 Å². The number of carboxylic acids is 2. The van der Waals surface area contributed by atoms with Gasteiger partial charge in [-0.2, -0.15) is 0 Å². The summed E-state index contributed by atoms with van der Waals surface area (Å²) in [6.07, 6.45) is 7.51. The molecule has 0 amide bonds. The largest absolute Gasteiger partial charge is 0.478 e. The highest BCUT2D eigenvalue weighted by molar-refractivity contribution is 7.85. The minimum absolute atomic E-state index is 0.0599. The van der Waals surface area contributed by atoms with E-state index >= 15 is 0 Å². The molecule has 148 heavy (non-hydrogen) atoms. The number of rotatable bonds is 30. The maximum Gasteiger partial charge on any atom is 0.338 e. The summed E-state index contributed by atoms with van der Waals surface area (Å²) < 4.78 is 76.0. The zero-order valence-electron chi connectivity index (χ0n) is 87.0. The number of piperidine rings is 4. The van der Waals surface area contributed by atoms with E-state index in [0.29, 0.717) is 79.2 Å². The smallest absolute Gasteiger partial charge is 0.338 e. The summed E-state index contributed by atoms with van der Waals surface area (Å²) in [5, 5.41) is 21.2. The number of anilines is 4. The molecule has 0 bridgehead atoms. The Labute approximate surface area is 905 Å². The first-order chi connectivity index (χ1) is 70.6. The number of carbonyl (C=O) groups excluding carboxylic acids is 2. The number of ether oxygens (including phenoxy) is 2. The molecule has 0 saturated carbocycles. The Balaban J connectivity index is 0.000000165. The summed E-state index contributed by atoms with van der Waals surface area (Å²) in [5.74, 6) is -1.22. The van der Waals surface area contributed by atoms with Crippen molar-refractivity contribution in [1.29, 1.82) is 0 Å². The van der Waals surface area contributed by atoms with E-state index in [4.69, 9.17) is 55.9 Å². The van der Waals surface area contributed by atoms with Crippen LogP contribution in [-0.2, 0) is 53.4 Å². The molecule has 4 saturated heterocycles. The van der Waals surface area contributed by atoms with E-state index in [9.17, 15) is 46.2 Å². The third-order valence-corrected chi connectivity index (χ3v) is 34.8. The van der Waals surface area contributed by atoms with Gasteiger partial charge in [-0.25, -0.2) is 54.9 Å². The molecule has 16 rings (SSSR count). The van der Waals surface area contributed by atoms with Crippen molar-refractivity contribution in [2.45, 2.75) is 191 Å². The average Bonchev–Trinajstić information content (AvgIpc) is 0.798. The Hall–Kier alpha value is -10.7. The van der Waals surface area contributed by atoms with Crippen LogP contribution in [0.5, 0.6) is 0 Å². The van der Waals surface area contributed by atoms with Gasteiger partial charge < -0.3 is 39.3 Å². The Kier molecular flexibility index (Phi) is 40.9. The van der Waals surface area contributed by atoms with Crippen molar-refractivity contribution in [3.05, 3.63) is 356 Å². The molecule has 20 nitrogen and oxygen atoms in total. The lowest BCUT2D eigenvalue weighted by Crippen LogP contribution is -2.42. The molecule has 6 N–H and O–H groups in total. The van der Waals surface area contributed by atoms with Gasteiger partial charge in [0.1, 0.15) is 0 Å². The third kappa shape index (κ3) is 31.3. The second kappa shape index (κ2) is 52.9. The molecule has 28 heteroatoms. The molecule has 4 aliphatic heterocycles. The zero-order valence-corrected chi connectivity index (χ0v) is 93.3. The molecule has 12 aromatic carbocycles. The highest BCUT2D eigenvalue weighted by Gasteiger charge is 2.40. The third-order valence-electron chi connectivity index (χ3n) is 27.5. The Morgan fingerprint density at radius 2 is 0.459 bits per heavy atom. The van der Waals surface area contributed by atoms with Gasteiger partial charge in [-0.05, 0) is 384 Å². The number of carbonyl (C=O) groups is 4. The van der Waals surface area contributed by atoms with Gasteiger partial charge in [0.25, 0.3) is 0 Å². The predicted octanol–water partition coefficient (Wildman–Crippen LogP) is 27.8. The topological polar surface area (TPSA) is 257 Å². The first-order valence-electron chi connectivity index (χ1n) is 50.9. The van der Waals surface area contributed by atoms with Crippen molar-refractivity contribution in [2.75, 3.05) is 85.2 Å². The van der Waals surface area contributed by atoms with Gasteiger partial charge in [0.05, 0.1) is 98.4 Å². The quantitative estimate of drug-likeness (QED) is 0.0229. The van der Waals surface area contributed by atoms with Crippen molar-refractivity contribution in [2.24, 2.45) is 23.7 Å². The standard InChI is InChI=1S/2C31H37ClN2O3S.2C29H33ClN2O3S/c2*1-5-37-30(35)24-12-16-26(17-13-24)34-20-18-23(19-21-34)29(33-38(36)31(2,3)4)28-9-7-6-8-27(28)22-10-14-25(32)15-11-22;2*1-29(2,3)36(35)31-27(26-7-5-4-6-25(26)20-8-12-23(30)13-9-20)21-16-18-32(19-17-21)24-14-10-22(11-15-24)28(33)34/h2*6-17,23,29,33H,5,18-21H2,1-4H3;2*4-15,21,27,31H,16-19H2,1-3H3,(H,33,34)/t2*29-,38?;2*27-,36?/m1010/s1. The maximum absolute atomic E-state index is 13.3. The lowest BCUT2D eigenvalue weighted by atomic mass is 9.83. The molecule has 4 heterocycles. The average molecular weight is 2160 g/mol. The molecular formula is C120H140Cl4N8O12S4. The SMILES string of the molecule is CC(C)(C)S(=O)N[C@@H](c1ccccc1-c1ccc(Cl)cc1)C1CCN(c2ccc(C(=O)O)cc2)CC1.CC(C)(C)S(=O)N[C@H](c1ccccc1-c1ccc(Cl)cc1)C1CCN(c2ccc(C(=O)O)cc2)CC1.CCOC(=O)c1ccc(N2CCC([C@@H](NS(=O)C(C)(C)C)c3ccccc3-c3ccc(Cl)cc3)CC2)cc1.CCOC(=O)c1ccc(N2CCC([C@H](NS(=O)C(C)(C)C)c3ccccc3-c3ccc(Cl)cc3)CC2)cc1. The van der Waals surface area contributed by atoms with E-state index < -0.39 is 55.9 Å². The molecular weight excluding hydrogens is 2020 g/mol. The summed E-state index contributed by atoms with van der Waals surface area (Å²) >= 11 is 24.6. The van der Waals surface area contributed by atoms with Crippen LogP contribution in [0.25, 0.3) is 44.5 Å². The fourth-order valence-corrected chi connectivity index (χ4v) is 23.2. The number of hydrogen-bond donors (Lipinski definition) is 6. The Bertz CT molecular complexity index is 6100. The van der Waals surface area contributed by atoms with Crippen LogP contribution in [0.15, 0.2) is 291 Å². The molecule has 0 radical (unpaired) electrons. The number of esters is 2. The van der Waals surface area contributed by atoms with Gasteiger partial charge in [-0.3, -0.25) is 0 Å². The van der Waals surface area contributed by atoms with Crippen molar-refractivity contribution in [3.63, 3.8) is 0 Å². The highest BCUT2D eigenvalue weighted by Crippen LogP contribution is 2.46. The van der Waals surface area contributed by atoms with Crippen LogP contribution in [0.2, 0.25) is 20.1 Å². The fraction of sp³-hybridized carbons (Fsp3) is 0.367. The van der Waals surface area contributed by atoms with Crippen LogP contribution in [-0.4, -0.2) is 135 Å². The minimum Gasteiger partial charge on any atom is -0.478 e. The molecule has 4 fully saturated rings. The summed E-state index contributed by atoms with van der Waals surface area (Å²) in [6.45, 7) is 35.2. The van der Waals surface area contributed by atoms with Crippen molar-refractivity contribution < 1.29 is 55.7 Å². The molecule has 4 unspecified atom stereocenters. The number of hydrogen-bond acceptors (Lipinski definition) is 14. The van der Waals surface area contributed by atoms with E-state index in [2.05, 4.69) is 99.2 Å². The van der Waals surface area contributed by atoms with Gasteiger partial charge in [-0.15, -0.1) is 0 Å². The van der Waals surface area contributed by atoms with Gasteiger partial charge in [0.2, 0.25) is 0 Å². The second-order valence-corrected chi connectivity index (χ2v) is 51.6. The highest BCUT2D eigenvalue weighted by atomic mass is 35.5. The Morgan fingerprint density at radius 1 is 0.284 bits per heavy atom. The zero-order chi connectivity index (χ0) is 106. The van der Waals surface area contributed by atoms with Crippen LogP contribution >= 0.6 is 46.4 Å². The monoisotopic (exact) mass is 2150 g/mol. The molecule has 784 valence electrons. The van der Waals surface area contributed by atoms with Crippen LogP contribution in [0.1, 0.15) is 236 Å². The molecule has 8 atom stereocenters. The van der Waals surface area contributed by atoms with Crippen molar-refractivity contribution in [1.82, 2.24) is 18.9 Å². The summed E-state index contributed by atoms with van der Waals surface area (Å²) in [7, 11) is -4.90. The van der Waals surface area contributed by atoms with E-state index in [0.717, 1.165) is 193 Å². The maximum atomic E-state index is 13.3. The predicted molar refractivity (Wildman–Crippen MR) is 614 cm³/mol. The molecule has 0 aromatic heterocycles. The van der Waals surface area contributed by atoms with Crippen molar-refractivity contribution in [3.8, 4) is 44.5 Å². The lowest BCUT2D eigenvalue weighted by molar-refractivity contribution is 0.0517. The van der Waals surface area contributed by atoms with Crippen LogP contribution in [0.3, 0.4) is 0 Å². The summed E-state index contributed by atoms with van der Waals surface area (Å²) in [4.78, 5) is 55.7. The molecule has 12 aromatic rings. The number of benzene rings is 12. The number of carboxylic acid groups (broad SMARTS) is 2. The van der Waals surface area contributed by atoms with E-state index in [1.165, 1.54) is 0 Å². The van der Waals surface area contributed by atoms with Gasteiger partial charge in [0.15, 0.2) is 0 Å². The molecule has 0 aliphatic carbocycles. The van der Waals surface area contributed by atoms with Gasteiger partial charge in [-0.1, -0.05) is 192 Å². The van der Waals surface area contributed by atoms with E-state index in [1.807, 2.05) is 303 Å². The van der Waals surface area contributed by atoms with E-state index in [1.54, 1.807) is 24.3 Å². The normalized spacial score (nSPS) is 16.3. The Morgan fingerprint density at radius 3 is 0.628 bits per heavy atom. The fourth-order valence-electron chi connectivity index (χ4n) is 19.1. The van der Waals surface area contributed by atoms with Gasteiger partial charge >= 0.3 is 23.9 Å². The second-order valence-electron chi connectivity index (χ2n) is 41.8.